The van der Waals surface area contributed by atoms with Crippen molar-refractivity contribution in [1.82, 2.24) is 29.7 Å². The summed E-state index contributed by atoms with van der Waals surface area (Å²) in [5.41, 5.74) is -1.99. The van der Waals surface area contributed by atoms with Crippen molar-refractivity contribution in [3.05, 3.63) is 40.8 Å². The molecule has 0 aliphatic heterocycles. The van der Waals surface area contributed by atoms with E-state index in [0.717, 1.165) is 13.8 Å². The summed E-state index contributed by atoms with van der Waals surface area (Å²) in [6.45, 7) is 8.68. The Hall–Kier alpha value is -2.91. The van der Waals surface area contributed by atoms with Crippen molar-refractivity contribution in [3.63, 3.8) is 0 Å². The van der Waals surface area contributed by atoms with Crippen molar-refractivity contribution in [1.29, 1.82) is 0 Å². The van der Waals surface area contributed by atoms with Gasteiger partial charge in [-0.25, -0.2) is 22.8 Å². The number of pyridine rings is 1. The Morgan fingerprint density at radius 3 is 2.43 bits per heavy atom. The van der Waals surface area contributed by atoms with Gasteiger partial charge >= 0.3 is 6.18 Å². The van der Waals surface area contributed by atoms with Crippen LogP contribution in [-0.4, -0.2) is 60.1 Å². The summed E-state index contributed by atoms with van der Waals surface area (Å²) in [5.74, 6) is -0.942. The molecule has 0 aliphatic carbocycles. The predicted octanol–water partition coefficient (Wildman–Crippen LogP) is 3.58. The zero-order valence-corrected chi connectivity index (χ0v) is 23.4. The highest BCUT2D eigenvalue weighted by molar-refractivity contribution is 7.90. The Balaban J connectivity index is 1.79. The van der Waals surface area contributed by atoms with E-state index in [1.54, 1.807) is 6.92 Å². The van der Waals surface area contributed by atoms with E-state index in [0.29, 0.717) is 11.0 Å². The first-order chi connectivity index (χ1) is 16.8. The van der Waals surface area contributed by atoms with Crippen LogP contribution in [-0.2, 0) is 10.0 Å². The fraction of sp³-hybridized carbons (Fsp3) is 0.429. The van der Waals surface area contributed by atoms with Crippen LogP contribution in [0.3, 0.4) is 0 Å². The third kappa shape index (κ3) is 6.15. The molecule has 2 N–H and O–H groups in total. The van der Waals surface area contributed by atoms with E-state index < -0.39 is 42.2 Å². The SMILES string of the molecule is Cc1[nH]nc([Si](C)(C)C)c1S(=O)(=O)NC(=O)c1ccc(-n2ccc(OCC(C)(C)C(F)(F)F)n2)nc1Cl. The molecule has 0 saturated carbocycles. The van der Waals surface area contributed by atoms with Gasteiger partial charge in [0, 0.05) is 12.3 Å². The molecule has 0 saturated heterocycles. The van der Waals surface area contributed by atoms with Crippen LogP contribution in [0.4, 0.5) is 13.2 Å². The van der Waals surface area contributed by atoms with Gasteiger partial charge in [-0.3, -0.25) is 9.89 Å². The first-order valence-electron chi connectivity index (χ1n) is 10.9. The molecule has 1 amide bonds. The van der Waals surface area contributed by atoms with Crippen LogP contribution in [0.2, 0.25) is 24.8 Å². The normalized spacial score (nSPS) is 13.0. The summed E-state index contributed by atoms with van der Waals surface area (Å²) in [7, 11) is -6.44. The zero-order valence-electron chi connectivity index (χ0n) is 20.9. The maximum Gasteiger partial charge on any atom is 0.397 e. The molecule has 0 fully saturated rings. The van der Waals surface area contributed by atoms with Crippen LogP contribution in [0.5, 0.6) is 5.88 Å². The lowest BCUT2D eigenvalue weighted by atomic mass is 9.94. The second-order valence-corrected chi connectivity index (χ2v) is 16.9. The van der Waals surface area contributed by atoms with Gasteiger partial charge in [-0.05, 0) is 32.9 Å². The summed E-state index contributed by atoms with van der Waals surface area (Å²) in [4.78, 5) is 16.8. The minimum atomic E-state index is -4.46. The highest BCUT2D eigenvalue weighted by Gasteiger charge is 2.48. The molecule has 0 bridgehead atoms. The lowest BCUT2D eigenvalue weighted by Crippen LogP contribution is -2.44. The molecule has 0 spiro atoms. The minimum absolute atomic E-state index is 0.0708. The van der Waals surface area contributed by atoms with E-state index in [-0.39, 0.29) is 27.3 Å². The molecule has 10 nitrogen and oxygen atoms in total. The summed E-state index contributed by atoms with van der Waals surface area (Å²) < 4.78 is 73.5. The first-order valence-corrected chi connectivity index (χ1v) is 16.2. The molecule has 3 aromatic rings. The number of alkyl halides is 3. The fourth-order valence-corrected chi connectivity index (χ4v) is 7.08. The number of amides is 1. The number of hydrogen-bond donors (Lipinski definition) is 2. The quantitative estimate of drug-likeness (QED) is 0.308. The minimum Gasteiger partial charge on any atom is -0.476 e. The average Bonchev–Trinajstić information content (AvgIpc) is 3.38. The third-order valence-electron chi connectivity index (χ3n) is 5.32. The molecule has 0 aliphatic rings. The number of sulfonamides is 1. The second kappa shape index (κ2) is 9.76. The molecular weight excluding hydrogens is 553 g/mol. The summed E-state index contributed by atoms with van der Waals surface area (Å²) in [5, 5.41) is 10.9. The molecule has 0 radical (unpaired) electrons. The van der Waals surface area contributed by atoms with E-state index in [2.05, 4.69) is 20.3 Å². The largest absolute Gasteiger partial charge is 0.476 e. The number of aromatic nitrogens is 5. The van der Waals surface area contributed by atoms with Crippen LogP contribution in [0.1, 0.15) is 29.9 Å². The number of H-pyrrole nitrogens is 1. The molecule has 3 heterocycles. The molecule has 202 valence electrons. The van der Waals surface area contributed by atoms with Crippen molar-refractivity contribution in [2.45, 2.75) is 51.5 Å². The summed E-state index contributed by atoms with van der Waals surface area (Å²) in [6.07, 6.45) is -3.07. The summed E-state index contributed by atoms with van der Waals surface area (Å²) in [6, 6.07) is 3.95. The second-order valence-electron chi connectivity index (χ2n) is 9.99. The number of carbonyl (C=O) groups is 1. The van der Waals surface area contributed by atoms with Crippen molar-refractivity contribution < 1.29 is 31.1 Å². The van der Waals surface area contributed by atoms with Crippen molar-refractivity contribution in [3.8, 4) is 11.7 Å². The van der Waals surface area contributed by atoms with Gasteiger partial charge in [0.15, 0.2) is 5.82 Å². The molecule has 16 heteroatoms. The molecule has 37 heavy (non-hydrogen) atoms. The molecule has 3 aromatic heterocycles. The van der Waals surface area contributed by atoms with Gasteiger partial charge in [0.1, 0.15) is 24.7 Å². The van der Waals surface area contributed by atoms with Gasteiger partial charge in [0.2, 0.25) is 5.88 Å². The number of ether oxygens (including phenoxy) is 1. The van der Waals surface area contributed by atoms with Crippen LogP contribution < -0.4 is 14.8 Å². The van der Waals surface area contributed by atoms with E-state index in [4.69, 9.17) is 16.3 Å². The average molecular weight is 579 g/mol. The van der Waals surface area contributed by atoms with Gasteiger partial charge in [-0.15, -0.1) is 5.10 Å². The molecule has 0 atom stereocenters. The molecule has 0 unspecified atom stereocenters. The number of aromatic amines is 1. The van der Waals surface area contributed by atoms with E-state index >= 15 is 0 Å². The monoisotopic (exact) mass is 578 g/mol. The molecular formula is C21H26ClF3N6O4SSi. The van der Waals surface area contributed by atoms with E-state index in [1.807, 2.05) is 24.4 Å². The van der Waals surface area contributed by atoms with E-state index in [1.165, 1.54) is 29.1 Å². The first kappa shape index (κ1) is 28.7. The summed E-state index contributed by atoms with van der Waals surface area (Å²) >= 11 is 6.17. The number of hydrogen-bond acceptors (Lipinski definition) is 7. The lowest BCUT2D eigenvalue weighted by molar-refractivity contribution is -0.219. The lowest BCUT2D eigenvalue weighted by Gasteiger charge is -2.26. The van der Waals surface area contributed by atoms with Crippen molar-refractivity contribution >= 4 is 40.9 Å². The highest BCUT2D eigenvalue weighted by Crippen LogP contribution is 2.37. The Bertz CT molecular complexity index is 1430. The molecule has 0 aromatic carbocycles. The molecule has 3 rings (SSSR count). The van der Waals surface area contributed by atoms with E-state index in [9.17, 15) is 26.4 Å². The van der Waals surface area contributed by atoms with Gasteiger partial charge in [-0.1, -0.05) is 31.2 Å². The maximum atomic E-state index is 13.0. The van der Waals surface area contributed by atoms with Gasteiger partial charge in [0.25, 0.3) is 15.9 Å². The third-order valence-corrected chi connectivity index (χ3v) is 9.07. The van der Waals surface area contributed by atoms with Gasteiger partial charge in [-0.2, -0.15) is 18.3 Å². The number of rotatable bonds is 8. The topological polar surface area (TPSA) is 132 Å². The van der Waals surface area contributed by atoms with Gasteiger partial charge in [0.05, 0.1) is 22.0 Å². The number of aryl methyl sites for hydroxylation is 1. The van der Waals surface area contributed by atoms with Crippen LogP contribution in [0.25, 0.3) is 5.82 Å². The van der Waals surface area contributed by atoms with Crippen LogP contribution >= 0.6 is 11.6 Å². The number of nitrogens with zero attached hydrogens (tertiary/aromatic N) is 4. The Kier molecular flexibility index (Phi) is 7.56. The van der Waals surface area contributed by atoms with Crippen LogP contribution in [0, 0.1) is 12.3 Å². The number of carbonyl (C=O) groups excluding carboxylic acids is 1. The Labute approximate surface area is 217 Å². The highest BCUT2D eigenvalue weighted by atomic mass is 35.5. The fourth-order valence-electron chi connectivity index (χ4n) is 3.05. The number of nitrogens with one attached hydrogen (secondary N) is 2. The Morgan fingerprint density at radius 1 is 1.22 bits per heavy atom. The maximum absolute atomic E-state index is 13.0. The Morgan fingerprint density at radius 2 is 1.86 bits per heavy atom. The zero-order chi connectivity index (χ0) is 28.0. The van der Waals surface area contributed by atoms with Crippen LogP contribution in [0.15, 0.2) is 29.3 Å². The van der Waals surface area contributed by atoms with Gasteiger partial charge < -0.3 is 4.74 Å². The standard InChI is InChI=1S/C21H26ClF3N6O4SSi/c1-12-16(19(28-27-12)37(4,5)6)36(33,34)30-18(32)13-7-8-14(26-17(13)22)31-10-9-15(29-31)35-11-20(2,3)21(23,24)25/h7-10H,11H2,1-6H3,(H,27,28)(H,30,32). The van der Waals surface area contributed by atoms with Crippen molar-refractivity contribution in [2.24, 2.45) is 5.41 Å². The smallest absolute Gasteiger partial charge is 0.397 e. The number of halogens is 4. The van der Waals surface area contributed by atoms with Crippen molar-refractivity contribution in [2.75, 3.05) is 6.61 Å². The predicted molar refractivity (Wildman–Crippen MR) is 133 cm³/mol.